The molecule has 0 fully saturated rings. The summed E-state index contributed by atoms with van der Waals surface area (Å²) >= 11 is 1.59. The minimum Gasteiger partial charge on any atom is -0.481 e. The van der Waals surface area contributed by atoms with Crippen molar-refractivity contribution in [3.05, 3.63) is 52.5 Å². The summed E-state index contributed by atoms with van der Waals surface area (Å²) in [4.78, 5) is 13.1. The van der Waals surface area contributed by atoms with Crippen molar-refractivity contribution in [2.45, 2.75) is 26.0 Å². The number of rotatable bonds is 6. The molecule has 1 amide bonds. The van der Waals surface area contributed by atoms with E-state index in [1.54, 1.807) is 23.5 Å². The fourth-order valence-corrected chi connectivity index (χ4v) is 2.37. The van der Waals surface area contributed by atoms with Gasteiger partial charge in [0, 0.05) is 10.9 Å². The Morgan fingerprint density at radius 2 is 2.25 bits per heavy atom. The van der Waals surface area contributed by atoms with Crippen molar-refractivity contribution < 1.29 is 13.9 Å². The highest BCUT2D eigenvalue weighted by Gasteiger charge is 2.18. The maximum Gasteiger partial charge on any atom is 0.261 e. The zero-order valence-electron chi connectivity index (χ0n) is 11.1. The van der Waals surface area contributed by atoms with Gasteiger partial charge in [-0.25, -0.2) is 4.39 Å². The van der Waals surface area contributed by atoms with E-state index in [4.69, 9.17) is 4.74 Å². The van der Waals surface area contributed by atoms with Crippen molar-refractivity contribution in [1.29, 1.82) is 0 Å². The van der Waals surface area contributed by atoms with Gasteiger partial charge in [-0.3, -0.25) is 4.79 Å². The molecule has 0 saturated carbocycles. The number of benzene rings is 1. The van der Waals surface area contributed by atoms with Crippen LogP contribution >= 0.6 is 11.3 Å². The van der Waals surface area contributed by atoms with E-state index in [0.29, 0.717) is 18.7 Å². The topological polar surface area (TPSA) is 38.3 Å². The first-order chi connectivity index (χ1) is 9.69. The lowest BCUT2D eigenvalue weighted by atomic mass is 10.2. The lowest BCUT2D eigenvalue weighted by Gasteiger charge is -2.17. The quantitative estimate of drug-likeness (QED) is 0.887. The van der Waals surface area contributed by atoms with Gasteiger partial charge >= 0.3 is 0 Å². The number of nitrogens with one attached hydrogen (secondary N) is 1. The summed E-state index contributed by atoms with van der Waals surface area (Å²) in [7, 11) is 0. The molecule has 20 heavy (non-hydrogen) atoms. The first-order valence-corrected chi connectivity index (χ1v) is 7.29. The summed E-state index contributed by atoms with van der Waals surface area (Å²) in [6.07, 6.45) is -0.0935. The van der Waals surface area contributed by atoms with Crippen molar-refractivity contribution in [3.63, 3.8) is 0 Å². The van der Waals surface area contributed by atoms with Crippen molar-refractivity contribution in [2.75, 3.05) is 0 Å². The molecule has 1 aromatic heterocycles. The molecule has 1 heterocycles. The molecule has 0 radical (unpaired) electrons. The molecule has 0 aliphatic carbocycles. The number of hydrogen-bond donors (Lipinski definition) is 1. The molecule has 0 aliphatic rings. The maximum absolute atomic E-state index is 13.1. The molecule has 5 heteroatoms. The van der Waals surface area contributed by atoms with E-state index in [1.807, 2.05) is 24.4 Å². The van der Waals surface area contributed by atoms with Crippen LogP contribution in [0.5, 0.6) is 5.75 Å². The third kappa shape index (κ3) is 4.06. The fourth-order valence-electron chi connectivity index (χ4n) is 1.73. The molecule has 0 spiro atoms. The summed E-state index contributed by atoms with van der Waals surface area (Å²) in [5.74, 6) is -0.204. The van der Waals surface area contributed by atoms with Gasteiger partial charge in [-0.05, 0) is 30.0 Å². The number of halogens is 1. The molecule has 2 rings (SSSR count). The molecule has 2 aromatic rings. The van der Waals surface area contributed by atoms with Crippen LogP contribution in [0.1, 0.15) is 18.2 Å². The van der Waals surface area contributed by atoms with E-state index < -0.39 is 6.10 Å². The predicted molar refractivity (Wildman–Crippen MR) is 77.3 cm³/mol. The van der Waals surface area contributed by atoms with Crippen LogP contribution in [0.3, 0.4) is 0 Å². The number of hydrogen-bond acceptors (Lipinski definition) is 3. The van der Waals surface area contributed by atoms with Crippen LogP contribution in [0, 0.1) is 5.82 Å². The van der Waals surface area contributed by atoms with Crippen molar-refractivity contribution >= 4 is 17.2 Å². The SMILES string of the molecule is CCC(Oc1cccc(F)c1)C(=O)NCc1cccs1. The second-order valence-corrected chi connectivity index (χ2v) is 5.30. The van der Waals surface area contributed by atoms with E-state index in [1.165, 1.54) is 12.1 Å². The minimum atomic E-state index is -0.614. The molecule has 1 aromatic carbocycles. The lowest BCUT2D eigenvalue weighted by Crippen LogP contribution is -2.37. The van der Waals surface area contributed by atoms with Gasteiger partial charge in [0.05, 0.1) is 6.54 Å². The number of ether oxygens (including phenoxy) is 1. The van der Waals surface area contributed by atoms with Crippen LogP contribution < -0.4 is 10.1 Å². The van der Waals surface area contributed by atoms with E-state index in [9.17, 15) is 9.18 Å². The van der Waals surface area contributed by atoms with Crippen LogP contribution in [0.25, 0.3) is 0 Å². The van der Waals surface area contributed by atoms with Gasteiger partial charge in [0.25, 0.3) is 5.91 Å². The largest absolute Gasteiger partial charge is 0.481 e. The highest BCUT2D eigenvalue weighted by molar-refractivity contribution is 7.09. The van der Waals surface area contributed by atoms with E-state index in [0.717, 1.165) is 4.88 Å². The van der Waals surface area contributed by atoms with E-state index >= 15 is 0 Å². The highest BCUT2D eigenvalue weighted by Crippen LogP contribution is 2.15. The predicted octanol–water partition coefficient (Wildman–Crippen LogP) is 3.36. The number of amides is 1. The Morgan fingerprint density at radius 1 is 1.40 bits per heavy atom. The fraction of sp³-hybridized carbons (Fsp3) is 0.267. The van der Waals surface area contributed by atoms with Gasteiger partial charge in [-0.2, -0.15) is 0 Å². The Labute approximate surface area is 121 Å². The highest BCUT2D eigenvalue weighted by atomic mass is 32.1. The molecule has 0 aliphatic heterocycles. The second-order valence-electron chi connectivity index (χ2n) is 4.27. The van der Waals surface area contributed by atoms with Gasteiger partial charge < -0.3 is 10.1 Å². The molecule has 1 N–H and O–H groups in total. The average Bonchev–Trinajstić information content (AvgIpc) is 2.95. The Bertz CT molecular complexity index is 557. The third-order valence-electron chi connectivity index (χ3n) is 2.75. The summed E-state index contributed by atoms with van der Waals surface area (Å²) < 4.78 is 18.6. The zero-order chi connectivity index (χ0) is 14.4. The summed E-state index contributed by atoms with van der Waals surface area (Å²) in [5.41, 5.74) is 0. The summed E-state index contributed by atoms with van der Waals surface area (Å²) in [6, 6.07) is 9.70. The van der Waals surface area contributed by atoms with Crippen LogP contribution in [0.4, 0.5) is 4.39 Å². The smallest absolute Gasteiger partial charge is 0.261 e. The van der Waals surface area contributed by atoms with Gasteiger partial charge in [0.15, 0.2) is 6.10 Å². The molecule has 1 unspecified atom stereocenters. The molecule has 106 valence electrons. The second kappa shape index (κ2) is 7.05. The minimum absolute atomic E-state index is 0.190. The Hall–Kier alpha value is -1.88. The van der Waals surface area contributed by atoms with Crippen LogP contribution in [-0.4, -0.2) is 12.0 Å². The van der Waals surface area contributed by atoms with E-state index in [-0.39, 0.29) is 11.7 Å². The lowest BCUT2D eigenvalue weighted by molar-refractivity contribution is -0.128. The maximum atomic E-state index is 13.1. The Balaban J connectivity index is 1.92. The van der Waals surface area contributed by atoms with Gasteiger partial charge in [0.2, 0.25) is 0 Å². The standard InChI is InChI=1S/C15H16FNO2S/c1-2-14(19-12-6-3-5-11(16)9-12)15(18)17-10-13-7-4-8-20-13/h3-9,14H,2,10H2,1H3,(H,17,18). The van der Waals surface area contributed by atoms with Crippen LogP contribution in [0.15, 0.2) is 41.8 Å². The molecular formula is C15H16FNO2S. The van der Waals surface area contributed by atoms with E-state index in [2.05, 4.69) is 5.32 Å². The molecule has 0 saturated heterocycles. The Morgan fingerprint density at radius 3 is 2.90 bits per heavy atom. The summed E-state index contributed by atoms with van der Waals surface area (Å²) in [6.45, 7) is 2.34. The normalized spacial score (nSPS) is 11.9. The van der Waals surface area contributed by atoms with Crippen molar-refractivity contribution in [2.24, 2.45) is 0 Å². The number of thiophene rings is 1. The van der Waals surface area contributed by atoms with Crippen LogP contribution in [-0.2, 0) is 11.3 Å². The molecular weight excluding hydrogens is 277 g/mol. The monoisotopic (exact) mass is 293 g/mol. The first kappa shape index (κ1) is 14.5. The summed E-state index contributed by atoms with van der Waals surface area (Å²) in [5, 5.41) is 4.78. The number of carbonyl (C=O) groups is 1. The molecule has 1 atom stereocenters. The van der Waals surface area contributed by atoms with Crippen molar-refractivity contribution in [3.8, 4) is 5.75 Å². The van der Waals surface area contributed by atoms with Gasteiger partial charge in [-0.1, -0.05) is 19.1 Å². The average molecular weight is 293 g/mol. The van der Waals surface area contributed by atoms with Crippen LogP contribution in [0.2, 0.25) is 0 Å². The van der Waals surface area contributed by atoms with Crippen molar-refractivity contribution in [1.82, 2.24) is 5.32 Å². The zero-order valence-corrected chi connectivity index (χ0v) is 12.0. The molecule has 0 bridgehead atoms. The number of carbonyl (C=O) groups excluding carboxylic acids is 1. The molecule has 3 nitrogen and oxygen atoms in total. The van der Waals surface area contributed by atoms with Gasteiger partial charge in [0.1, 0.15) is 11.6 Å². The van der Waals surface area contributed by atoms with Gasteiger partial charge in [-0.15, -0.1) is 11.3 Å². The Kier molecular flexibility index (Phi) is 5.12. The third-order valence-corrected chi connectivity index (χ3v) is 3.63. The first-order valence-electron chi connectivity index (χ1n) is 6.41.